The average Bonchev–Trinajstić information content (AvgIpc) is 2.12. The molecule has 1 aliphatic carbocycles. The number of rotatable bonds is 2. The minimum Gasteiger partial charge on any atom is -0.488 e. The first-order chi connectivity index (χ1) is 6.25. The van der Waals surface area contributed by atoms with E-state index in [0.29, 0.717) is 5.75 Å². The fraction of sp³-hybridized carbons (Fsp3) is 0.400. The molecule has 1 aliphatic rings. The van der Waals surface area contributed by atoms with Crippen LogP contribution in [-0.4, -0.2) is 17.3 Å². The molecule has 1 aromatic rings. The van der Waals surface area contributed by atoms with Gasteiger partial charge in [-0.15, -0.1) is 0 Å². The average molecular weight is 182 g/mol. The normalized spacial score (nSPS) is 26.6. The molecule has 0 bridgehead atoms. The molecule has 0 heterocycles. The lowest BCUT2D eigenvalue weighted by Gasteiger charge is -2.32. The smallest absolute Gasteiger partial charge is 0.126 e. The molecular weight excluding hydrogens is 171 g/mol. The van der Waals surface area contributed by atoms with E-state index in [1.807, 2.05) is 0 Å². The summed E-state index contributed by atoms with van der Waals surface area (Å²) < 4.78 is 18.0. The van der Waals surface area contributed by atoms with E-state index in [0.717, 1.165) is 12.8 Å². The van der Waals surface area contributed by atoms with Gasteiger partial charge in [0.05, 0.1) is 6.10 Å². The summed E-state index contributed by atoms with van der Waals surface area (Å²) in [6.45, 7) is 0. The molecule has 1 aromatic carbocycles. The van der Waals surface area contributed by atoms with Crippen molar-refractivity contribution in [3.63, 3.8) is 0 Å². The van der Waals surface area contributed by atoms with Gasteiger partial charge in [-0.2, -0.15) is 0 Å². The van der Waals surface area contributed by atoms with Gasteiger partial charge in [-0.3, -0.25) is 0 Å². The summed E-state index contributed by atoms with van der Waals surface area (Å²) in [7, 11) is 0. The Morgan fingerprint density at radius 3 is 2.77 bits per heavy atom. The van der Waals surface area contributed by atoms with Gasteiger partial charge >= 0.3 is 0 Å². The minimum atomic E-state index is -0.386. The molecule has 1 saturated carbocycles. The van der Waals surface area contributed by atoms with Gasteiger partial charge in [-0.05, 0) is 25.0 Å². The first-order valence-corrected chi connectivity index (χ1v) is 4.36. The SMILES string of the molecule is O[C@@H]1CC[C@H]1Oc1cccc(F)c1. The van der Waals surface area contributed by atoms with E-state index >= 15 is 0 Å². The van der Waals surface area contributed by atoms with Crippen LogP contribution in [0.1, 0.15) is 12.8 Å². The monoisotopic (exact) mass is 182 g/mol. The maximum atomic E-state index is 12.7. The Bertz CT molecular complexity index is 301. The van der Waals surface area contributed by atoms with Gasteiger partial charge in [-0.25, -0.2) is 4.39 Å². The van der Waals surface area contributed by atoms with Crippen molar-refractivity contribution in [3.05, 3.63) is 30.1 Å². The molecule has 0 amide bonds. The number of hydrogen-bond acceptors (Lipinski definition) is 2. The lowest BCUT2D eigenvalue weighted by molar-refractivity contribution is -0.0362. The summed E-state index contributed by atoms with van der Waals surface area (Å²) in [6.07, 6.45) is 1.09. The van der Waals surface area contributed by atoms with Gasteiger partial charge < -0.3 is 9.84 Å². The van der Waals surface area contributed by atoms with E-state index in [4.69, 9.17) is 4.74 Å². The highest BCUT2D eigenvalue weighted by atomic mass is 19.1. The van der Waals surface area contributed by atoms with E-state index in [1.165, 1.54) is 12.1 Å². The van der Waals surface area contributed by atoms with Gasteiger partial charge in [0.25, 0.3) is 0 Å². The zero-order valence-electron chi connectivity index (χ0n) is 7.11. The number of halogens is 1. The Kier molecular flexibility index (Phi) is 2.19. The highest BCUT2D eigenvalue weighted by Gasteiger charge is 2.30. The number of ether oxygens (including phenoxy) is 1. The van der Waals surface area contributed by atoms with Gasteiger partial charge in [-0.1, -0.05) is 6.07 Å². The highest BCUT2D eigenvalue weighted by Crippen LogP contribution is 2.25. The van der Waals surface area contributed by atoms with Crippen LogP contribution in [0.5, 0.6) is 5.75 Å². The van der Waals surface area contributed by atoms with E-state index in [1.54, 1.807) is 12.1 Å². The molecule has 0 radical (unpaired) electrons. The zero-order valence-corrected chi connectivity index (χ0v) is 7.11. The minimum absolute atomic E-state index is 0.151. The van der Waals surface area contributed by atoms with Crippen LogP contribution in [0.25, 0.3) is 0 Å². The maximum Gasteiger partial charge on any atom is 0.126 e. The molecule has 0 spiro atoms. The number of aliphatic hydroxyl groups excluding tert-OH is 1. The van der Waals surface area contributed by atoms with Crippen LogP contribution in [0, 0.1) is 5.82 Å². The van der Waals surface area contributed by atoms with Crippen molar-refractivity contribution in [1.82, 2.24) is 0 Å². The Labute approximate surface area is 76.0 Å². The van der Waals surface area contributed by atoms with E-state index in [-0.39, 0.29) is 18.0 Å². The summed E-state index contributed by atoms with van der Waals surface area (Å²) in [5.41, 5.74) is 0. The van der Waals surface area contributed by atoms with Crippen LogP contribution in [0.15, 0.2) is 24.3 Å². The molecule has 70 valence electrons. The zero-order chi connectivity index (χ0) is 9.26. The van der Waals surface area contributed by atoms with Gasteiger partial charge in [0, 0.05) is 6.07 Å². The summed E-state index contributed by atoms with van der Waals surface area (Å²) in [5.74, 6) is 0.176. The molecule has 3 heteroatoms. The first kappa shape index (κ1) is 8.51. The summed E-state index contributed by atoms with van der Waals surface area (Å²) in [4.78, 5) is 0. The van der Waals surface area contributed by atoms with E-state index in [2.05, 4.69) is 0 Å². The standard InChI is InChI=1S/C10H11FO2/c11-7-2-1-3-8(6-7)13-10-5-4-9(10)12/h1-3,6,9-10,12H,4-5H2/t9-,10-/m1/s1. The van der Waals surface area contributed by atoms with Crippen LogP contribution < -0.4 is 4.74 Å². The molecule has 13 heavy (non-hydrogen) atoms. The van der Waals surface area contributed by atoms with Crippen molar-refractivity contribution in [1.29, 1.82) is 0 Å². The van der Waals surface area contributed by atoms with Crippen molar-refractivity contribution in [2.45, 2.75) is 25.0 Å². The third-order valence-corrected chi connectivity index (χ3v) is 2.26. The number of benzene rings is 1. The quantitative estimate of drug-likeness (QED) is 0.754. The predicted octanol–water partition coefficient (Wildman–Crippen LogP) is 1.73. The second kappa shape index (κ2) is 3.34. The van der Waals surface area contributed by atoms with Crippen molar-refractivity contribution < 1.29 is 14.2 Å². The third kappa shape index (κ3) is 1.80. The second-order valence-corrected chi connectivity index (χ2v) is 3.26. The van der Waals surface area contributed by atoms with E-state index in [9.17, 15) is 9.50 Å². The topological polar surface area (TPSA) is 29.5 Å². The van der Waals surface area contributed by atoms with Crippen LogP contribution in [0.4, 0.5) is 4.39 Å². The van der Waals surface area contributed by atoms with Crippen LogP contribution >= 0.6 is 0 Å². The molecule has 1 N–H and O–H groups in total. The Hall–Kier alpha value is -1.09. The molecule has 0 saturated heterocycles. The Morgan fingerprint density at radius 1 is 1.38 bits per heavy atom. The molecule has 2 atom stereocenters. The molecule has 0 unspecified atom stereocenters. The van der Waals surface area contributed by atoms with Crippen LogP contribution in [0.2, 0.25) is 0 Å². The maximum absolute atomic E-state index is 12.7. The van der Waals surface area contributed by atoms with Gasteiger partial charge in [0.1, 0.15) is 17.7 Å². The summed E-state index contributed by atoms with van der Waals surface area (Å²) >= 11 is 0. The number of aliphatic hydroxyl groups is 1. The third-order valence-electron chi connectivity index (χ3n) is 2.26. The Morgan fingerprint density at radius 2 is 2.23 bits per heavy atom. The van der Waals surface area contributed by atoms with Crippen molar-refractivity contribution in [2.24, 2.45) is 0 Å². The highest BCUT2D eigenvalue weighted by molar-refractivity contribution is 5.23. The van der Waals surface area contributed by atoms with Crippen LogP contribution in [-0.2, 0) is 0 Å². The van der Waals surface area contributed by atoms with Gasteiger partial charge in [0.2, 0.25) is 0 Å². The van der Waals surface area contributed by atoms with Crippen molar-refractivity contribution >= 4 is 0 Å². The fourth-order valence-corrected chi connectivity index (χ4v) is 1.30. The summed E-state index contributed by atoms with van der Waals surface area (Å²) in [5, 5.41) is 9.22. The molecule has 2 rings (SSSR count). The predicted molar refractivity (Wildman–Crippen MR) is 46.1 cm³/mol. The van der Waals surface area contributed by atoms with Crippen molar-refractivity contribution in [3.8, 4) is 5.75 Å². The lowest BCUT2D eigenvalue weighted by Crippen LogP contribution is -2.41. The first-order valence-electron chi connectivity index (χ1n) is 4.36. The lowest BCUT2D eigenvalue weighted by atomic mass is 9.92. The van der Waals surface area contributed by atoms with Crippen molar-refractivity contribution in [2.75, 3.05) is 0 Å². The largest absolute Gasteiger partial charge is 0.488 e. The molecule has 0 aliphatic heterocycles. The Balaban J connectivity index is 2.01. The summed E-state index contributed by atoms with van der Waals surface area (Å²) in [6, 6.07) is 5.97. The second-order valence-electron chi connectivity index (χ2n) is 3.26. The molecule has 0 aromatic heterocycles. The molecule has 2 nitrogen and oxygen atoms in total. The van der Waals surface area contributed by atoms with Gasteiger partial charge in [0.15, 0.2) is 0 Å². The van der Waals surface area contributed by atoms with Crippen LogP contribution in [0.3, 0.4) is 0 Å². The number of hydrogen-bond donors (Lipinski definition) is 1. The molecule has 1 fully saturated rings. The fourth-order valence-electron chi connectivity index (χ4n) is 1.30. The molecular formula is C10H11FO2. The van der Waals surface area contributed by atoms with E-state index < -0.39 is 0 Å².